The summed E-state index contributed by atoms with van der Waals surface area (Å²) in [5, 5.41) is 0. The van der Waals surface area contributed by atoms with Crippen LogP contribution < -0.4 is 0 Å². The van der Waals surface area contributed by atoms with Crippen molar-refractivity contribution in [1.82, 2.24) is 0 Å². The number of hydrogen-bond acceptors (Lipinski definition) is 0. The van der Waals surface area contributed by atoms with E-state index < -0.39 is 0 Å². The molecule has 0 N–H and O–H groups in total. The first-order chi connectivity index (χ1) is 6.91. The molecule has 0 atom stereocenters. The van der Waals surface area contributed by atoms with Gasteiger partial charge >= 0.3 is 0 Å². The van der Waals surface area contributed by atoms with Crippen LogP contribution >= 0.6 is 11.6 Å². The topological polar surface area (TPSA) is 0 Å². The number of hydrogen-bond donors (Lipinski definition) is 0. The van der Waals surface area contributed by atoms with Crippen LogP contribution in [0.5, 0.6) is 0 Å². The Morgan fingerprint density at radius 3 is 2.29 bits per heavy atom. The van der Waals surface area contributed by atoms with Crippen molar-refractivity contribution in [3.8, 4) is 11.8 Å². The Morgan fingerprint density at radius 2 is 1.64 bits per heavy atom. The zero-order chi connectivity index (χ0) is 10.5. The molecule has 0 saturated heterocycles. The summed E-state index contributed by atoms with van der Waals surface area (Å²) >= 11 is 5.59. The van der Waals surface area contributed by atoms with E-state index in [0.29, 0.717) is 0 Å². The van der Waals surface area contributed by atoms with Crippen LogP contribution in [-0.4, -0.2) is 5.88 Å². The Bertz CT molecular complexity index is 183. The first-order valence-corrected chi connectivity index (χ1v) is 6.10. The van der Waals surface area contributed by atoms with Gasteiger partial charge in [0.2, 0.25) is 0 Å². The lowest BCUT2D eigenvalue weighted by Gasteiger charge is -1.97. The van der Waals surface area contributed by atoms with Gasteiger partial charge < -0.3 is 0 Å². The van der Waals surface area contributed by atoms with Crippen molar-refractivity contribution < 1.29 is 0 Å². The van der Waals surface area contributed by atoms with Gasteiger partial charge in [-0.3, -0.25) is 0 Å². The summed E-state index contributed by atoms with van der Waals surface area (Å²) in [5.74, 6) is 6.94. The van der Waals surface area contributed by atoms with Crippen molar-refractivity contribution in [2.75, 3.05) is 5.88 Å². The van der Waals surface area contributed by atoms with Gasteiger partial charge in [0.05, 0.1) is 0 Å². The summed E-state index contributed by atoms with van der Waals surface area (Å²) in [7, 11) is 0. The Morgan fingerprint density at radius 1 is 1.00 bits per heavy atom. The van der Waals surface area contributed by atoms with E-state index in [1.54, 1.807) is 0 Å². The lowest BCUT2D eigenvalue weighted by Crippen LogP contribution is -1.80. The van der Waals surface area contributed by atoms with Gasteiger partial charge in [0.25, 0.3) is 0 Å². The molecule has 0 aromatic rings. The number of unbranched alkanes of at least 4 members (excludes halogenated alkanes) is 6. The van der Waals surface area contributed by atoms with Gasteiger partial charge in [-0.05, 0) is 25.8 Å². The predicted molar refractivity (Wildman–Crippen MR) is 65.6 cm³/mol. The van der Waals surface area contributed by atoms with Crippen molar-refractivity contribution in [1.29, 1.82) is 0 Å². The molecule has 80 valence electrons. The van der Waals surface area contributed by atoms with Crippen LogP contribution in [0.15, 0.2) is 12.2 Å². The molecular weight excluding hydrogens is 192 g/mol. The standard InChI is InChI=1S/C13H21Cl/c1-2-3-4-5-6-7-8-9-10-11-12-13-14/h2-3H,6-13H2,1H3. The molecule has 1 heteroatoms. The third-order valence-corrected chi connectivity index (χ3v) is 2.30. The van der Waals surface area contributed by atoms with E-state index >= 15 is 0 Å². The maximum atomic E-state index is 5.59. The summed E-state index contributed by atoms with van der Waals surface area (Å²) < 4.78 is 0. The van der Waals surface area contributed by atoms with Crippen molar-refractivity contribution in [3.05, 3.63) is 12.2 Å². The molecule has 0 radical (unpaired) electrons. The zero-order valence-corrected chi connectivity index (χ0v) is 9.95. The van der Waals surface area contributed by atoms with Crippen molar-refractivity contribution in [2.24, 2.45) is 0 Å². The SMILES string of the molecule is CC=CC#CCCCCCCCCCl. The van der Waals surface area contributed by atoms with Crippen LogP contribution in [0.25, 0.3) is 0 Å². The van der Waals surface area contributed by atoms with Crippen LogP contribution in [-0.2, 0) is 0 Å². The predicted octanol–water partition coefficient (Wildman–Crippen LogP) is 4.54. The number of alkyl halides is 1. The van der Waals surface area contributed by atoms with Gasteiger partial charge in [-0.15, -0.1) is 11.6 Å². The Balaban J connectivity index is 3.03. The van der Waals surface area contributed by atoms with E-state index in [0.717, 1.165) is 12.3 Å². The summed E-state index contributed by atoms with van der Waals surface area (Å²) in [5.41, 5.74) is 0. The number of allylic oxidation sites excluding steroid dienone is 2. The lowest BCUT2D eigenvalue weighted by molar-refractivity contribution is 0.615. The fraction of sp³-hybridized carbons (Fsp3) is 0.692. The quantitative estimate of drug-likeness (QED) is 0.330. The molecule has 0 nitrogen and oxygen atoms in total. The summed E-state index contributed by atoms with van der Waals surface area (Å²) in [6.07, 6.45) is 12.6. The normalized spacial score (nSPS) is 10.1. The minimum absolute atomic E-state index is 0.814. The summed E-state index contributed by atoms with van der Waals surface area (Å²) in [6.45, 7) is 1.99. The molecule has 0 spiro atoms. The molecule has 0 bridgehead atoms. The first-order valence-electron chi connectivity index (χ1n) is 5.57. The molecule has 0 fully saturated rings. The molecule has 0 aliphatic carbocycles. The molecule has 14 heavy (non-hydrogen) atoms. The highest BCUT2D eigenvalue weighted by atomic mass is 35.5. The van der Waals surface area contributed by atoms with Crippen LogP contribution in [0.2, 0.25) is 0 Å². The third-order valence-electron chi connectivity index (χ3n) is 2.04. The molecular formula is C13H21Cl. The fourth-order valence-corrected chi connectivity index (χ4v) is 1.42. The molecule has 0 rings (SSSR count). The number of rotatable bonds is 7. The second-order valence-electron chi connectivity index (χ2n) is 3.38. The average molecular weight is 213 g/mol. The van der Waals surface area contributed by atoms with Crippen LogP contribution in [0.3, 0.4) is 0 Å². The lowest BCUT2D eigenvalue weighted by atomic mass is 10.1. The van der Waals surface area contributed by atoms with Crippen LogP contribution in [0.4, 0.5) is 0 Å². The van der Waals surface area contributed by atoms with Gasteiger partial charge in [0.1, 0.15) is 0 Å². The monoisotopic (exact) mass is 212 g/mol. The summed E-state index contributed by atoms with van der Waals surface area (Å²) in [6, 6.07) is 0. The van der Waals surface area contributed by atoms with Gasteiger partial charge in [-0.2, -0.15) is 0 Å². The van der Waals surface area contributed by atoms with E-state index in [-0.39, 0.29) is 0 Å². The van der Waals surface area contributed by atoms with Crippen LogP contribution in [0, 0.1) is 11.8 Å². The Hall–Kier alpha value is -0.410. The van der Waals surface area contributed by atoms with E-state index in [2.05, 4.69) is 11.8 Å². The molecule has 0 aromatic carbocycles. The first kappa shape index (κ1) is 13.6. The largest absolute Gasteiger partial charge is 0.127 e. The van der Waals surface area contributed by atoms with Crippen molar-refractivity contribution in [3.63, 3.8) is 0 Å². The van der Waals surface area contributed by atoms with Crippen molar-refractivity contribution in [2.45, 2.75) is 51.9 Å². The molecule has 0 aliphatic rings. The minimum Gasteiger partial charge on any atom is -0.127 e. The molecule has 0 unspecified atom stereocenters. The van der Waals surface area contributed by atoms with E-state index in [1.165, 1.54) is 38.5 Å². The third kappa shape index (κ3) is 11.6. The average Bonchev–Trinajstić information content (AvgIpc) is 2.21. The fourth-order valence-electron chi connectivity index (χ4n) is 1.23. The molecule has 0 saturated carbocycles. The highest BCUT2D eigenvalue weighted by Crippen LogP contribution is 2.07. The Kier molecular flexibility index (Phi) is 12.2. The van der Waals surface area contributed by atoms with E-state index in [9.17, 15) is 0 Å². The molecule has 0 amide bonds. The molecule has 0 heterocycles. The second kappa shape index (κ2) is 12.6. The molecule has 0 aliphatic heterocycles. The highest BCUT2D eigenvalue weighted by molar-refractivity contribution is 6.17. The molecule has 0 aromatic heterocycles. The maximum absolute atomic E-state index is 5.59. The zero-order valence-electron chi connectivity index (χ0n) is 9.19. The highest BCUT2D eigenvalue weighted by Gasteiger charge is 1.89. The second-order valence-corrected chi connectivity index (χ2v) is 3.76. The Labute approximate surface area is 93.7 Å². The smallest absolute Gasteiger partial charge is 0.0223 e. The van der Waals surface area contributed by atoms with E-state index in [1.807, 2.05) is 19.1 Å². The maximum Gasteiger partial charge on any atom is 0.0223 e. The van der Waals surface area contributed by atoms with Gasteiger partial charge in [-0.25, -0.2) is 0 Å². The van der Waals surface area contributed by atoms with Crippen LogP contribution in [0.1, 0.15) is 51.9 Å². The summed E-state index contributed by atoms with van der Waals surface area (Å²) in [4.78, 5) is 0. The van der Waals surface area contributed by atoms with Crippen molar-refractivity contribution >= 4 is 11.6 Å². The van der Waals surface area contributed by atoms with Gasteiger partial charge in [0.15, 0.2) is 0 Å². The van der Waals surface area contributed by atoms with E-state index in [4.69, 9.17) is 11.6 Å². The van der Waals surface area contributed by atoms with Gasteiger partial charge in [-0.1, -0.05) is 43.6 Å². The van der Waals surface area contributed by atoms with Gasteiger partial charge in [0, 0.05) is 12.3 Å². The minimum atomic E-state index is 0.814. The number of halogens is 1.